The van der Waals surface area contributed by atoms with Crippen LogP contribution in [0.5, 0.6) is 0 Å². The fourth-order valence-corrected chi connectivity index (χ4v) is 2.75. The molecule has 0 radical (unpaired) electrons. The molecule has 0 bridgehead atoms. The molecule has 0 saturated heterocycles. The van der Waals surface area contributed by atoms with Crippen molar-refractivity contribution in [1.82, 2.24) is 15.0 Å². The topological polar surface area (TPSA) is 65.2 Å². The Morgan fingerprint density at radius 3 is 2.70 bits per heavy atom. The average Bonchev–Trinajstić information content (AvgIpc) is 2.80. The van der Waals surface area contributed by atoms with Crippen LogP contribution in [0.25, 0.3) is 11.0 Å². The van der Waals surface area contributed by atoms with Gasteiger partial charge in [-0.3, -0.25) is 5.21 Å². The molecule has 0 amide bonds. The Kier molecular flexibility index (Phi) is 3.17. The van der Waals surface area contributed by atoms with E-state index in [-0.39, 0.29) is 0 Å². The highest BCUT2D eigenvalue weighted by Crippen LogP contribution is 2.27. The third kappa shape index (κ3) is 2.16. The van der Waals surface area contributed by atoms with E-state index in [1.807, 2.05) is 13.0 Å². The Hall–Kier alpha value is -1.95. The van der Waals surface area contributed by atoms with Gasteiger partial charge in [-0.15, -0.1) is 0 Å². The molecule has 1 atom stereocenters. The number of hydrogen-bond acceptors (Lipinski definition) is 5. The number of fused-ring (bicyclic) bond motifs is 2. The van der Waals surface area contributed by atoms with Crippen LogP contribution in [0.2, 0.25) is 0 Å². The zero-order chi connectivity index (χ0) is 14.3. The number of likely N-dealkylation sites (N-methyl/N-ethyl adjacent to an activating group) is 1. The van der Waals surface area contributed by atoms with Crippen molar-refractivity contribution in [2.45, 2.75) is 25.8 Å². The number of nitrogens with one attached hydrogen (secondary N) is 1. The fourth-order valence-electron chi connectivity index (χ4n) is 2.75. The van der Waals surface area contributed by atoms with Crippen molar-refractivity contribution in [2.24, 2.45) is 0 Å². The highest BCUT2D eigenvalue weighted by atomic mass is 16.5. The van der Waals surface area contributed by atoms with E-state index in [0.29, 0.717) is 17.5 Å². The molecule has 0 aliphatic heterocycles. The summed E-state index contributed by atoms with van der Waals surface area (Å²) in [6.07, 6.45) is 2.04. The van der Waals surface area contributed by atoms with Gasteiger partial charge in [0, 0.05) is 18.7 Å². The molecule has 6 heteroatoms. The minimum absolute atomic E-state index is 0.449. The van der Waals surface area contributed by atoms with Gasteiger partial charge in [-0.2, -0.15) is 0 Å². The summed E-state index contributed by atoms with van der Waals surface area (Å²) in [6.45, 7) is 2.69. The second kappa shape index (κ2) is 4.86. The molecule has 0 fully saturated rings. The lowest BCUT2D eigenvalue weighted by Crippen LogP contribution is -2.37. The maximum atomic E-state index is 10.0. The molecule has 20 heavy (non-hydrogen) atoms. The fraction of sp³-hybridized carbons (Fsp3) is 0.500. The summed E-state index contributed by atoms with van der Waals surface area (Å²) in [4.78, 5) is 7.62. The van der Waals surface area contributed by atoms with Gasteiger partial charge in [0.2, 0.25) is 0 Å². The van der Waals surface area contributed by atoms with Crippen molar-refractivity contribution in [3.05, 3.63) is 23.3 Å². The summed E-state index contributed by atoms with van der Waals surface area (Å²) in [7, 11) is 4.21. The Balaban J connectivity index is 2.07. The summed E-state index contributed by atoms with van der Waals surface area (Å²) < 4.78 is 0. The minimum atomic E-state index is 0.449. The molecular formula is C14H20N5O+. The molecule has 2 aromatic rings. The maximum absolute atomic E-state index is 10.0. The van der Waals surface area contributed by atoms with Crippen LogP contribution in [0, 0.1) is 0 Å². The quantitative estimate of drug-likeness (QED) is 0.634. The molecule has 1 heterocycles. The second-order valence-electron chi connectivity index (χ2n) is 5.49. The van der Waals surface area contributed by atoms with Gasteiger partial charge in [0.1, 0.15) is 10.4 Å². The molecule has 6 nitrogen and oxygen atoms in total. The monoisotopic (exact) mass is 274 g/mol. The molecule has 1 aromatic carbocycles. The van der Waals surface area contributed by atoms with Crippen LogP contribution >= 0.6 is 0 Å². The van der Waals surface area contributed by atoms with Gasteiger partial charge in [0.05, 0.1) is 5.10 Å². The molecule has 106 valence electrons. The van der Waals surface area contributed by atoms with Crippen LogP contribution in [0.3, 0.4) is 0 Å². The molecular weight excluding hydrogens is 254 g/mol. The number of anilines is 1. The number of aromatic nitrogens is 3. The number of nitrogens with zero attached hydrogens (tertiary/aromatic N) is 4. The smallest absolute Gasteiger partial charge is 0.315 e. The number of benzene rings is 1. The van der Waals surface area contributed by atoms with Gasteiger partial charge in [0.15, 0.2) is 0 Å². The lowest BCUT2D eigenvalue weighted by Gasteiger charge is -2.17. The van der Waals surface area contributed by atoms with Crippen LogP contribution in [0.15, 0.2) is 12.1 Å². The van der Waals surface area contributed by atoms with Crippen LogP contribution < -0.4 is 10.2 Å². The van der Waals surface area contributed by atoms with E-state index >= 15 is 0 Å². The first-order valence-electron chi connectivity index (χ1n) is 6.94. The second-order valence-corrected chi connectivity index (χ2v) is 5.49. The predicted molar refractivity (Wildman–Crippen MR) is 76.0 cm³/mol. The molecule has 0 saturated carbocycles. The van der Waals surface area contributed by atoms with Crippen molar-refractivity contribution < 1.29 is 10.1 Å². The van der Waals surface area contributed by atoms with E-state index < -0.39 is 0 Å². The molecule has 3 rings (SSSR count). The number of rotatable bonds is 3. The Morgan fingerprint density at radius 2 is 2.05 bits per heavy atom. The van der Waals surface area contributed by atoms with Gasteiger partial charge < -0.3 is 10.2 Å². The Bertz CT molecular complexity index is 656. The largest absolute Gasteiger partial charge is 0.350 e. The zero-order valence-corrected chi connectivity index (χ0v) is 12.1. The van der Waals surface area contributed by atoms with Crippen molar-refractivity contribution in [3.8, 4) is 0 Å². The van der Waals surface area contributed by atoms with Crippen molar-refractivity contribution >= 4 is 17.0 Å². The lowest BCUT2D eigenvalue weighted by molar-refractivity contribution is -0.928. The van der Waals surface area contributed by atoms with Gasteiger partial charge in [0.25, 0.3) is 5.95 Å². The van der Waals surface area contributed by atoms with E-state index in [2.05, 4.69) is 40.5 Å². The van der Waals surface area contributed by atoms with Gasteiger partial charge in [-0.1, -0.05) is 0 Å². The van der Waals surface area contributed by atoms with Crippen LogP contribution in [-0.2, 0) is 12.8 Å². The molecule has 1 aliphatic carbocycles. The highest BCUT2D eigenvalue weighted by molar-refractivity contribution is 5.74. The van der Waals surface area contributed by atoms with Crippen molar-refractivity contribution in [2.75, 3.05) is 26.0 Å². The molecule has 1 aliphatic rings. The highest BCUT2D eigenvalue weighted by Gasteiger charge is 2.26. The Morgan fingerprint density at radius 1 is 1.35 bits per heavy atom. The van der Waals surface area contributed by atoms with E-state index in [9.17, 15) is 5.21 Å². The van der Waals surface area contributed by atoms with Crippen molar-refractivity contribution in [1.29, 1.82) is 0 Å². The van der Waals surface area contributed by atoms with E-state index in [0.717, 1.165) is 29.7 Å². The normalized spacial score (nSPS) is 17.7. The third-order valence-corrected chi connectivity index (χ3v) is 3.90. The molecule has 1 unspecified atom stereocenters. The first-order valence-corrected chi connectivity index (χ1v) is 6.94. The van der Waals surface area contributed by atoms with E-state index in [1.165, 1.54) is 11.1 Å². The van der Waals surface area contributed by atoms with Crippen LogP contribution in [0.4, 0.5) is 5.95 Å². The van der Waals surface area contributed by atoms with E-state index in [4.69, 9.17) is 0 Å². The van der Waals surface area contributed by atoms with E-state index in [1.54, 1.807) is 0 Å². The van der Waals surface area contributed by atoms with Crippen molar-refractivity contribution in [3.63, 3.8) is 0 Å². The summed E-state index contributed by atoms with van der Waals surface area (Å²) in [6, 6.07) is 4.60. The summed E-state index contributed by atoms with van der Waals surface area (Å²) >= 11 is 0. The summed E-state index contributed by atoms with van der Waals surface area (Å²) in [5.74, 6) is 0.449. The third-order valence-electron chi connectivity index (χ3n) is 3.90. The first-order chi connectivity index (χ1) is 9.58. The standard InChI is InChI=1S/C14H20N5O/c1-4-15-14-16-12-7-9-5-11(18(2)3)6-10(9)8-13(12)19(20)17-14/h7-8,11H,4-6H2,1-3H3,(H2,15,16,17,20)/q+1. The first kappa shape index (κ1) is 13.1. The SMILES string of the molecule is CCNc1nc2cc3c(cc2[n+](O)n1)CC(N(C)C)C3. The van der Waals surface area contributed by atoms with Gasteiger partial charge >= 0.3 is 5.52 Å². The van der Waals surface area contributed by atoms with Gasteiger partial charge in [-0.05, 0) is 51.1 Å². The van der Waals surface area contributed by atoms with Gasteiger partial charge in [-0.25, -0.2) is 4.98 Å². The van der Waals surface area contributed by atoms with Crippen LogP contribution in [-0.4, -0.2) is 46.9 Å². The molecule has 2 N–H and O–H groups in total. The maximum Gasteiger partial charge on any atom is 0.315 e. The Labute approximate surface area is 118 Å². The minimum Gasteiger partial charge on any atom is -0.350 e. The molecule has 0 spiro atoms. The average molecular weight is 274 g/mol. The summed E-state index contributed by atoms with van der Waals surface area (Å²) in [5.41, 5.74) is 4.03. The molecule has 1 aromatic heterocycles. The van der Waals surface area contributed by atoms with Crippen LogP contribution in [0.1, 0.15) is 18.1 Å². The number of hydrogen-bond donors (Lipinski definition) is 2. The zero-order valence-electron chi connectivity index (χ0n) is 12.1. The predicted octanol–water partition coefficient (Wildman–Crippen LogP) is 0.615. The summed E-state index contributed by atoms with van der Waals surface area (Å²) in [5, 5.41) is 17.0. The lowest BCUT2D eigenvalue weighted by atomic mass is 10.1.